The Hall–Kier alpha value is -1.14. The van der Waals surface area contributed by atoms with Crippen molar-refractivity contribution >= 4 is 17.3 Å². The third-order valence-electron chi connectivity index (χ3n) is 4.73. The highest BCUT2D eigenvalue weighted by Gasteiger charge is 2.42. The predicted octanol–water partition coefficient (Wildman–Crippen LogP) is 2.46. The quantitative estimate of drug-likeness (QED) is 0.510. The molecule has 0 amide bonds. The number of aryl methyl sites for hydroxylation is 2. The van der Waals surface area contributed by atoms with Crippen LogP contribution in [-0.2, 0) is 11.2 Å². The Kier molecular flexibility index (Phi) is 5.54. The highest BCUT2D eigenvalue weighted by molar-refractivity contribution is 7.09. The Labute approximate surface area is 143 Å². The lowest BCUT2D eigenvalue weighted by molar-refractivity contribution is 0.156. The summed E-state index contributed by atoms with van der Waals surface area (Å²) >= 11 is 1.76. The molecule has 1 atom stereocenters. The maximum atomic E-state index is 5.63. The molecule has 0 radical (unpaired) electrons. The highest BCUT2D eigenvalue weighted by atomic mass is 32.1. The normalized spacial score (nSPS) is 24.8. The van der Waals surface area contributed by atoms with E-state index in [0.29, 0.717) is 5.41 Å². The van der Waals surface area contributed by atoms with Gasteiger partial charge in [-0.05, 0) is 33.1 Å². The van der Waals surface area contributed by atoms with Crippen molar-refractivity contribution in [2.45, 2.75) is 39.5 Å². The minimum atomic E-state index is 0.384. The molecule has 0 saturated carbocycles. The minimum Gasteiger partial charge on any atom is -0.381 e. The summed E-state index contributed by atoms with van der Waals surface area (Å²) in [4.78, 5) is 11.8. The Balaban J connectivity index is 1.51. The van der Waals surface area contributed by atoms with Crippen molar-refractivity contribution in [1.29, 1.82) is 0 Å². The van der Waals surface area contributed by atoms with Crippen LogP contribution < -0.4 is 5.32 Å². The Morgan fingerprint density at radius 1 is 1.52 bits per heavy atom. The van der Waals surface area contributed by atoms with E-state index in [4.69, 9.17) is 9.73 Å². The summed E-state index contributed by atoms with van der Waals surface area (Å²) < 4.78 is 5.63. The first-order valence-corrected chi connectivity index (χ1v) is 9.61. The first kappa shape index (κ1) is 16.7. The van der Waals surface area contributed by atoms with Crippen LogP contribution in [0.3, 0.4) is 0 Å². The van der Waals surface area contributed by atoms with Gasteiger partial charge >= 0.3 is 0 Å². The molecule has 2 fully saturated rings. The van der Waals surface area contributed by atoms with Crippen molar-refractivity contribution < 1.29 is 4.74 Å². The summed E-state index contributed by atoms with van der Waals surface area (Å²) in [7, 11) is 0. The van der Waals surface area contributed by atoms with Crippen LogP contribution in [0.2, 0.25) is 0 Å². The van der Waals surface area contributed by atoms with Gasteiger partial charge in [-0.3, -0.25) is 4.99 Å². The predicted molar refractivity (Wildman–Crippen MR) is 95.2 cm³/mol. The molecule has 2 saturated heterocycles. The van der Waals surface area contributed by atoms with Crippen molar-refractivity contribution in [3.63, 3.8) is 0 Å². The van der Waals surface area contributed by atoms with Crippen LogP contribution in [0.25, 0.3) is 0 Å². The molecule has 128 valence electrons. The van der Waals surface area contributed by atoms with Crippen LogP contribution in [0.4, 0.5) is 0 Å². The third-order valence-corrected chi connectivity index (χ3v) is 5.76. The summed E-state index contributed by atoms with van der Waals surface area (Å²) in [5, 5.41) is 6.80. The molecule has 6 heteroatoms. The Bertz CT molecular complexity index is 536. The Morgan fingerprint density at radius 2 is 2.43 bits per heavy atom. The standard InChI is InChI=1S/C17H28N4OS/c1-3-18-16(19-8-4-5-15-20-14(2)11-23-15)21-9-6-17(12-21)7-10-22-13-17/h11H,3-10,12-13H2,1-2H3,(H,18,19). The number of guanidine groups is 1. The molecule has 1 aromatic heterocycles. The lowest BCUT2D eigenvalue weighted by Crippen LogP contribution is -2.41. The highest BCUT2D eigenvalue weighted by Crippen LogP contribution is 2.38. The number of nitrogens with zero attached hydrogens (tertiary/aromatic N) is 3. The largest absolute Gasteiger partial charge is 0.381 e. The molecule has 3 rings (SSSR count). The van der Waals surface area contributed by atoms with Crippen LogP contribution >= 0.6 is 11.3 Å². The molecule has 1 N–H and O–H groups in total. The number of thiazole rings is 1. The summed E-state index contributed by atoms with van der Waals surface area (Å²) in [5.74, 6) is 1.08. The van der Waals surface area contributed by atoms with Crippen molar-refractivity contribution in [3.05, 3.63) is 16.1 Å². The van der Waals surface area contributed by atoms with Gasteiger partial charge in [-0.25, -0.2) is 4.98 Å². The van der Waals surface area contributed by atoms with E-state index in [1.165, 1.54) is 17.8 Å². The van der Waals surface area contributed by atoms with E-state index in [1.54, 1.807) is 11.3 Å². The maximum Gasteiger partial charge on any atom is 0.193 e. The number of likely N-dealkylation sites (tertiary alicyclic amines) is 1. The Morgan fingerprint density at radius 3 is 3.13 bits per heavy atom. The van der Waals surface area contributed by atoms with Gasteiger partial charge in [0.05, 0.1) is 11.6 Å². The van der Waals surface area contributed by atoms with Gasteiger partial charge in [-0.15, -0.1) is 11.3 Å². The monoisotopic (exact) mass is 336 g/mol. The molecule has 2 aliphatic heterocycles. The van der Waals surface area contributed by atoms with Gasteiger partial charge < -0.3 is 15.0 Å². The maximum absolute atomic E-state index is 5.63. The van der Waals surface area contributed by atoms with Gasteiger partial charge in [-0.1, -0.05) is 0 Å². The average Bonchev–Trinajstić information content (AvgIpc) is 3.26. The first-order chi connectivity index (χ1) is 11.2. The van der Waals surface area contributed by atoms with E-state index in [0.717, 1.165) is 63.9 Å². The van der Waals surface area contributed by atoms with E-state index in [2.05, 4.69) is 34.4 Å². The van der Waals surface area contributed by atoms with E-state index in [9.17, 15) is 0 Å². The van der Waals surface area contributed by atoms with Crippen LogP contribution in [0.1, 0.15) is 36.9 Å². The van der Waals surface area contributed by atoms with Crippen molar-refractivity contribution in [2.75, 3.05) is 39.4 Å². The molecule has 2 aliphatic rings. The van der Waals surface area contributed by atoms with Crippen LogP contribution in [0, 0.1) is 12.3 Å². The fourth-order valence-corrected chi connectivity index (χ4v) is 4.26. The van der Waals surface area contributed by atoms with Gasteiger partial charge in [0, 0.05) is 55.7 Å². The zero-order chi connectivity index (χ0) is 16.1. The van der Waals surface area contributed by atoms with E-state index in [-0.39, 0.29) is 0 Å². The molecule has 23 heavy (non-hydrogen) atoms. The van der Waals surface area contributed by atoms with E-state index >= 15 is 0 Å². The molecular formula is C17H28N4OS. The zero-order valence-corrected chi connectivity index (χ0v) is 15.1. The molecule has 1 unspecified atom stereocenters. The average molecular weight is 337 g/mol. The fraction of sp³-hybridized carbons (Fsp3) is 0.765. The number of aromatic nitrogens is 1. The van der Waals surface area contributed by atoms with Crippen molar-refractivity contribution in [2.24, 2.45) is 10.4 Å². The lowest BCUT2D eigenvalue weighted by atomic mass is 9.87. The van der Waals surface area contributed by atoms with Gasteiger partial charge in [0.25, 0.3) is 0 Å². The van der Waals surface area contributed by atoms with Crippen molar-refractivity contribution in [3.8, 4) is 0 Å². The first-order valence-electron chi connectivity index (χ1n) is 8.73. The fourth-order valence-electron chi connectivity index (χ4n) is 3.45. The number of hydrogen-bond donors (Lipinski definition) is 1. The second-order valence-electron chi connectivity index (χ2n) is 6.70. The van der Waals surface area contributed by atoms with E-state index in [1.807, 2.05) is 0 Å². The lowest BCUT2D eigenvalue weighted by Gasteiger charge is -2.24. The van der Waals surface area contributed by atoms with Crippen LogP contribution in [-0.4, -0.2) is 55.2 Å². The number of aliphatic imine (C=N–C) groups is 1. The van der Waals surface area contributed by atoms with Gasteiger partial charge in [0.15, 0.2) is 5.96 Å². The van der Waals surface area contributed by atoms with Crippen LogP contribution in [0.15, 0.2) is 10.4 Å². The zero-order valence-electron chi connectivity index (χ0n) is 14.3. The second kappa shape index (κ2) is 7.62. The van der Waals surface area contributed by atoms with Gasteiger partial charge in [0.2, 0.25) is 0 Å². The smallest absolute Gasteiger partial charge is 0.193 e. The topological polar surface area (TPSA) is 49.8 Å². The number of rotatable bonds is 5. The summed E-state index contributed by atoms with van der Waals surface area (Å²) in [6, 6.07) is 0. The molecule has 1 aromatic rings. The number of ether oxygens (including phenoxy) is 1. The molecular weight excluding hydrogens is 308 g/mol. The molecule has 0 aromatic carbocycles. The summed E-state index contributed by atoms with van der Waals surface area (Å²) in [6.07, 6.45) is 4.52. The SMILES string of the molecule is CCNC(=NCCCc1nc(C)cs1)N1CCC2(CCOC2)C1. The van der Waals surface area contributed by atoms with Gasteiger partial charge in [0.1, 0.15) is 0 Å². The third kappa shape index (κ3) is 4.23. The molecule has 3 heterocycles. The van der Waals surface area contributed by atoms with E-state index < -0.39 is 0 Å². The molecule has 1 spiro atoms. The minimum absolute atomic E-state index is 0.384. The van der Waals surface area contributed by atoms with Crippen LogP contribution in [0.5, 0.6) is 0 Å². The molecule has 5 nitrogen and oxygen atoms in total. The number of hydrogen-bond acceptors (Lipinski definition) is 4. The van der Waals surface area contributed by atoms with Crippen molar-refractivity contribution in [1.82, 2.24) is 15.2 Å². The second-order valence-corrected chi connectivity index (χ2v) is 7.64. The summed E-state index contributed by atoms with van der Waals surface area (Å²) in [5.41, 5.74) is 1.51. The number of nitrogens with one attached hydrogen (secondary N) is 1. The van der Waals surface area contributed by atoms with Gasteiger partial charge in [-0.2, -0.15) is 0 Å². The summed E-state index contributed by atoms with van der Waals surface area (Å²) in [6.45, 7) is 10.0. The molecule has 0 aliphatic carbocycles. The molecule has 0 bridgehead atoms.